The lowest BCUT2D eigenvalue weighted by Crippen LogP contribution is -2.40. The van der Waals surface area contributed by atoms with Gasteiger partial charge in [-0.05, 0) is 44.6 Å². The third-order valence-electron chi connectivity index (χ3n) is 4.37. The van der Waals surface area contributed by atoms with Crippen LogP contribution in [0.4, 0.5) is 4.39 Å². The van der Waals surface area contributed by atoms with Gasteiger partial charge in [0.05, 0.1) is 0 Å². The smallest absolute Gasteiger partial charge is 0.123 e. The van der Waals surface area contributed by atoms with E-state index >= 15 is 0 Å². The molecule has 1 aromatic rings. The van der Waals surface area contributed by atoms with Gasteiger partial charge in [0.1, 0.15) is 5.82 Å². The van der Waals surface area contributed by atoms with Crippen LogP contribution in [-0.4, -0.2) is 49.1 Å². The van der Waals surface area contributed by atoms with Crippen molar-refractivity contribution in [3.8, 4) is 0 Å². The number of hydrogen-bond acceptors (Lipinski definition) is 3. The molecule has 0 saturated carbocycles. The summed E-state index contributed by atoms with van der Waals surface area (Å²) >= 11 is 0. The van der Waals surface area contributed by atoms with Crippen molar-refractivity contribution in [2.75, 3.05) is 27.2 Å². The summed E-state index contributed by atoms with van der Waals surface area (Å²) < 4.78 is 13.1. The molecule has 3 nitrogen and oxygen atoms in total. The predicted octanol–water partition coefficient (Wildman–Crippen LogP) is 2.10. The molecule has 4 heteroatoms. The first-order chi connectivity index (χ1) is 9.40. The van der Waals surface area contributed by atoms with Crippen LogP contribution in [0.1, 0.15) is 25.5 Å². The van der Waals surface area contributed by atoms with Crippen molar-refractivity contribution < 1.29 is 4.39 Å². The lowest BCUT2D eigenvalue weighted by Gasteiger charge is -2.32. The van der Waals surface area contributed by atoms with Gasteiger partial charge < -0.3 is 10.6 Å². The lowest BCUT2D eigenvalue weighted by molar-refractivity contribution is 0.197. The molecule has 1 aliphatic heterocycles. The molecule has 4 unspecified atom stereocenters. The van der Waals surface area contributed by atoms with Crippen molar-refractivity contribution in [3.05, 3.63) is 35.6 Å². The van der Waals surface area contributed by atoms with E-state index in [4.69, 9.17) is 5.73 Å². The van der Waals surface area contributed by atoms with Crippen LogP contribution in [0.15, 0.2) is 24.3 Å². The second-order valence-electron chi connectivity index (χ2n) is 6.32. The summed E-state index contributed by atoms with van der Waals surface area (Å²) in [7, 11) is 4.26. The summed E-state index contributed by atoms with van der Waals surface area (Å²) in [6, 6.07) is 7.49. The van der Waals surface area contributed by atoms with Crippen LogP contribution < -0.4 is 5.73 Å². The van der Waals surface area contributed by atoms with Crippen LogP contribution in [-0.2, 0) is 0 Å². The average molecular weight is 279 g/mol. The molecule has 0 aliphatic carbocycles. The number of benzene rings is 1. The highest BCUT2D eigenvalue weighted by Crippen LogP contribution is 2.31. The fourth-order valence-corrected chi connectivity index (χ4v) is 3.39. The van der Waals surface area contributed by atoms with Gasteiger partial charge in [-0.3, -0.25) is 4.90 Å². The summed E-state index contributed by atoms with van der Waals surface area (Å²) in [6.45, 7) is 6.36. The predicted molar refractivity (Wildman–Crippen MR) is 81.0 cm³/mol. The van der Waals surface area contributed by atoms with Gasteiger partial charge in [-0.1, -0.05) is 19.1 Å². The molecule has 0 radical (unpaired) electrons. The van der Waals surface area contributed by atoms with Crippen molar-refractivity contribution in [2.24, 2.45) is 11.7 Å². The number of halogens is 1. The first-order valence-electron chi connectivity index (χ1n) is 7.31. The molecule has 1 aromatic carbocycles. The van der Waals surface area contributed by atoms with E-state index in [1.807, 2.05) is 19.1 Å². The van der Waals surface area contributed by atoms with Crippen molar-refractivity contribution >= 4 is 0 Å². The number of nitrogens with two attached hydrogens (primary N) is 1. The van der Waals surface area contributed by atoms with Gasteiger partial charge >= 0.3 is 0 Å². The Kier molecular flexibility index (Phi) is 4.78. The van der Waals surface area contributed by atoms with Crippen molar-refractivity contribution in [1.29, 1.82) is 0 Å². The average Bonchev–Trinajstić information content (AvgIpc) is 2.73. The zero-order chi connectivity index (χ0) is 14.9. The Morgan fingerprint density at radius 3 is 2.30 bits per heavy atom. The van der Waals surface area contributed by atoms with Crippen LogP contribution in [0, 0.1) is 11.7 Å². The monoisotopic (exact) mass is 279 g/mol. The first-order valence-corrected chi connectivity index (χ1v) is 7.31. The van der Waals surface area contributed by atoms with Gasteiger partial charge in [0.2, 0.25) is 0 Å². The highest BCUT2D eigenvalue weighted by Gasteiger charge is 2.36. The van der Waals surface area contributed by atoms with Gasteiger partial charge in [-0.15, -0.1) is 0 Å². The van der Waals surface area contributed by atoms with E-state index < -0.39 is 0 Å². The highest BCUT2D eigenvalue weighted by atomic mass is 19.1. The molecule has 4 atom stereocenters. The molecule has 1 fully saturated rings. The Balaban J connectivity index is 2.20. The number of likely N-dealkylation sites (tertiary alicyclic amines) is 1. The molecule has 0 bridgehead atoms. The van der Waals surface area contributed by atoms with Crippen LogP contribution in [0.3, 0.4) is 0 Å². The lowest BCUT2D eigenvalue weighted by atomic mass is 9.99. The topological polar surface area (TPSA) is 32.5 Å². The number of rotatable bonds is 4. The third-order valence-corrected chi connectivity index (χ3v) is 4.37. The molecule has 20 heavy (non-hydrogen) atoms. The van der Waals surface area contributed by atoms with Gasteiger partial charge in [-0.2, -0.15) is 0 Å². The molecule has 0 amide bonds. The van der Waals surface area contributed by atoms with Gasteiger partial charge in [0, 0.05) is 31.2 Å². The van der Waals surface area contributed by atoms with E-state index in [0.717, 1.165) is 18.7 Å². The zero-order valence-electron chi connectivity index (χ0n) is 12.9. The van der Waals surface area contributed by atoms with Crippen molar-refractivity contribution in [3.63, 3.8) is 0 Å². The molecule has 2 rings (SSSR count). The van der Waals surface area contributed by atoms with E-state index in [0.29, 0.717) is 12.0 Å². The zero-order valence-corrected chi connectivity index (χ0v) is 12.9. The molecule has 112 valence electrons. The second-order valence-corrected chi connectivity index (χ2v) is 6.32. The summed E-state index contributed by atoms with van der Waals surface area (Å²) in [5, 5.41) is 0. The number of nitrogens with zero attached hydrogens (tertiary/aromatic N) is 2. The van der Waals surface area contributed by atoms with Crippen LogP contribution in [0.2, 0.25) is 0 Å². The maximum atomic E-state index is 13.1. The summed E-state index contributed by atoms with van der Waals surface area (Å²) in [5.41, 5.74) is 7.31. The molecular formula is C16H26FN3. The van der Waals surface area contributed by atoms with Crippen molar-refractivity contribution in [1.82, 2.24) is 9.80 Å². The Hall–Kier alpha value is -0.970. The van der Waals surface area contributed by atoms with E-state index in [1.54, 1.807) is 0 Å². The summed E-state index contributed by atoms with van der Waals surface area (Å²) in [6.07, 6.45) is 0. The normalized spacial score (nSPS) is 26.9. The Morgan fingerprint density at radius 1 is 1.25 bits per heavy atom. The Bertz CT molecular complexity index is 430. The minimum Gasteiger partial charge on any atom is -0.326 e. The number of hydrogen-bond donors (Lipinski definition) is 1. The fourth-order valence-electron chi connectivity index (χ4n) is 3.39. The Labute approximate surface area is 121 Å². The third kappa shape index (κ3) is 3.19. The summed E-state index contributed by atoms with van der Waals surface area (Å²) in [5.74, 6) is 0.421. The molecule has 1 saturated heterocycles. The van der Waals surface area contributed by atoms with Gasteiger partial charge in [0.15, 0.2) is 0 Å². The molecular weight excluding hydrogens is 253 g/mol. The molecule has 0 aromatic heterocycles. The quantitative estimate of drug-likeness (QED) is 0.916. The van der Waals surface area contributed by atoms with Crippen LogP contribution in [0.5, 0.6) is 0 Å². The van der Waals surface area contributed by atoms with E-state index in [1.165, 1.54) is 12.1 Å². The molecule has 1 heterocycles. The van der Waals surface area contributed by atoms with Crippen molar-refractivity contribution in [2.45, 2.75) is 32.0 Å². The largest absolute Gasteiger partial charge is 0.326 e. The summed E-state index contributed by atoms with van der Waals surface area (Å²) in [4.78, 5) is 4.72. The van der Waals surface area contributed by atoms with Crippen LogP contribution in [0.25, 0.3) is 0 Å². The Morgan fingerprint density at radius 2 is 1.85 bits per heavy atom. The minimum absolute atomic E-state index is 0.0218. The highest BCUT2D eigenvalue weighted by molar-refractivity contribution is 5.22. The SMILES string of the molecule is CC(N)C(c1ccc(F)cc1)N1CC(C)C(N(C)C)C1. The van der Waals surface area contributed by atoms with Crippen LogP contribution >= 0.6 is 0 Å². The van der Waals surface area contributed by atoms with Gasteiger partial charge in [0.25, 0.3) is 0 Å². The number of likely N-dealkylation sites (N-methyl/N-ethyl adjacent to an activating group) is 1. The van der Waals surface area contributed by atoms with E-state index in [2.05, 4.69) is 30.8 Å². The molecule has 1 aliphatic rings. The first kappa shape index (κ1) is 15.4. The minimum atomic E-state index is -0.196. The molecule has 0 spiro atoms. The molecule has 2 N–H and O–H groups in total. The van der Waals surface area contributed by atoms with E-state index in [-0.39, 0.29) is 17.9 Å². The van der Waals surface area contributed by atoms with E-state index in [9.17, 15) is 4.39 Å². The maximum Gasteiger partial charge on any atom is 0.123 e. The fraction of sp³-hybridized carbons (Fsp3) is 0.625. The standard InChI is InChI=1S/C16H26FN3/c1-11-9-20(10-15(11)19(3)4)16(12(2)18)13-5-7-14(17)8-6-13/h5-8,11-12,15-16H,9-10,18H2,1-4H3. The second kappa shape index (κ2) is 6.20. The maximum absolute atomic E-state index is 13.1. The van der Waals surface area contributed by atoms with Gasteiger partial charge in [-0.25, -0.2) is 4.39 Å².